The Labute approximate surface area is 90.7 Å². The van der Waals surface area contributed by atoms with Crippen LogP contribution in [0.25, 0.3) is 10.9 Å². The normalized spacial score (nSPS) is 10.8. The lowest BCUT2D eigenvalue weighted by Gasteiger charge is -1.97. The highest BCUT2D eigenvalue weighted by Gasteiger charge is 2.10. The first-order chi connectivity index (χ1) is 6.65. The summed E-state index contributed by atoms with van der Waals surface area (Å²) in [6, 6.07) is 5.97. The lowest BCUT2D eigenvalue weighted by Crippen LogP contribution is -1.91. The fourth-order valence-corrected chi connectivity index (χ4v) is 2.08. The molecular formula is C11H10BrNO. The molecule has 2 aromatic rings. The molecule has 1 heterocycles. The highest BCUT2D eigenvalue weighted by atomic mass is 79.9. The average Bonchev–Trinajstić information content (AvgIpc) is 2.39. The standard InChI is InChI=1S/C11H10BrNO/c1-7-10(6-14)9-5-8(12)3-4-11(9)13(7)2/h3-6H,1-2H3. The third-order valence-corrected chi connectivity index (χ3v) is 3.11. The maximum Gasteiger partial charge on any atom is 0.152 e. The van der Waals surface area contributed by atoms with E-state index in [1.165, 1.54) is 0 Å². The van der Waals surface area contributed by atoms with E-state index < -0.39 is 0 Å². The van der Waals surface area contributed by atoms with Gasteiger partial charge in [-0.3, -0.25) is 4.79 Å². The molecule has 0 N–H and O–H groups in total. The molecule has 3 heteroatoms. The monoisotopic (exact) mass is 251 g/mol. The molecule has 0 fully saturated rings. The van der Waals surface area contributed by atoms with Crippen LogP contribution in [-0.4, -0.2) is 10.9 Å². The Hall–Kier alpha value is -1.09. The summed E-state index contributed by atoms with van der Waals surface area (Å²) in [7, 11) is 1.97. The van der Waals surface area contributed by atoms with Crippen LogP contribution in [0.1, 0.15) is 16.1 Å². The Morgan fingerprint density at radius 2 is 2.14 bits per heavy atom. The van der Waals surface area contributed by atoms with Gasteiger partial charge in [0, 0.05) is 33.7 Å². The van der Waals surface area contributed by atoms with E-state index in [9.17, 15) is 4.79 Å². The predicted octanol–water partition coefficient (Wildman–Crippen LogP) is 3.06. The maximum absolute atomic E-state index is 10.9. The molecule has 0 radical (unpaired) electrons. The van der Waals surface area contributed by atoms with Gasteiger partial charge in [-0.2, -0.15) is 0 Å². The molecule has 0 amide bonds. The van der Waals surface area contributed by atoms with Gasteiger partial charge in [0.1, 0.15) is 0 Å². The molecule has 0 spiro atoms. The topological polar surface area (TPSA) is 22.0 Å². The number of nitrogens with zero attached hydrogens (tertiary/aromatic N) is 1. The molecule has 0 aliphatic carbocycles. The van der Waals surface area contributed by atoms with Crippen LogP contribution in [0.4, 0.5) is 0 Å². The minimum absolute atomic E-state index is 0.781. The molecule has 1 aromatic carbocycles. The van der Waals surface area contributed by atoms with E-state index in [0.29, 0.717) is 0 Å². The van der Waals surface area contributed by atoms with Crippen LogP contribution in [0.15, 0.2) is 22.7 Å². The van der Waals surface area contributed by atoms with Gasteiger partial charge < -0.3 is 4.57 Å². The summed E-state index contributed by atoms with van der Waals surface area (Å²) in [6.07, 6.45) is 0.921. The number of hydrogen-bond acceptors (Lipinski definition) is 1. The Kier molecular flexibility index (Phi) is 2.19. The van der Waals surface area contributed by atoms with Crippen molar-refractivity contribution in [2.75, 3.05) is 0 Å². The number of hydrogen-bond donors (Lipinski definition) is 0. The van der Waals surface area contributed by atoms with Gasteiger partial charge in [0.2, 0.25) is 0 Å². The predicted molar refractivity (Wildman–Crippen MR) is 60.7 cm³/mol. The zero-order chi connectivity index (χ0) is 10.3. The van der Waals surface area contributed by atoms with Gasteiger partial charge in [-0.25, -0.2) is 0 Å². The summed E-state index contributed by atoms with van der Waals surface area (Å²) in [5.74, 6) is 0. The highest BCUT2D eigenvalue weighted by molar-refractivity contribution is 9.10. The molecule has 0 aliphatic heterocycles. The van der Waals surface area contributed by atoms with Crippen molar-refractivity contribution in [1.82, 2.24) is 4.57 Å². The van der Waals surface area contributed by atoms with E-state index in [0.717, 1.165) is 32.9 Å². The summed E-state index contributed by atoms with van der Waals surface area (Å²) >= 11 is 3.40. The number of rotatable bonds is 1. The molecule has 2 nitrogen and oxygen atoms in total. The second-order valence-corrected chi connectivity index (χ2v) is 4.25. The number of carbonyl (C=O) groups is 1. The van der Waals surface area contributed by atoms with E-state index in [1.807, 2.05) is 36.7 Å². The van der Waals surface area contributed by atoms with Crippen LogP contribution in [0.3, 0.4) is 0 Å². The first kappa shape index (κ1) is 9.46. The van der Waals surface area contributed by atoms with E-state index in [4.69, 9.17) is 0 Å². The Morgan fingerprint density at radius 3 is 2.79 bits per heavy atom. The number of aldehydes is 1. The maximum atomic E-state index is 10.9. The van der Waals surface area contributed by atoms with Gasteiger partial charge >= 0.3 is 0 Å². The van der Waals surface area contributed by atoms with Gasteiger partial charge in [0.25, 0.3) is 0 Å². The van der Waals surface area contributed by atoms with Crippen molar-refractivity contribution in [3.8, 4) is 0 Å². The Balaban J connectivity index is 2.96. The molecule has 0 aliphatic rings. The SMILES string of the molecule is Cc1c(C=O)c2cc(Br)ccc2n1C. The second kappa shape index (κ2) is 3.24. The fraction of sp³-hybridized carbons (Fsp3) is 0.182. The van der Waals surface area contributed by atoms with Crippen molar-refractivity contribution in [3.63, 3.8) is 0 Å². The molecule has 0 bridgehead atoms. The van der Waals surface area contributed by atoms with Crippen LogP contribution < -0.4 is 0 Å². The van der Waals surface area contributed by atoms with E-state index in [-0.39, 0.29) is 0 Å². The molecular weight excluding hydrogens is 242 g/mol. The van der Waals surface area contributed by atoms with Crippen LogP contribution >= 0.6 is 15.9 Å². The number of halogens is 1. The lowest BCUT2D eigenvalue weighted by atomic mass is 10.1. The molecule has 72 valence electrons. The minimum atomic E-state index is 0.781. The summed E-state index contributed by atoms with van der Waals surface area (Å²) in [4.78, 5) is 10.9. The number of aromatic nitrogens is 1. The summed E-state index contributed by atoms with van der Waals surface area (Å²) < 4.78 is 3.03. The largest absolute Gasteiger partial charge is 0.347 e. The second-order valence-electron chi connectivity index (χ2n) is 3.34. The van der Waals surface area contributed by atoms with Gasteiger partial charge in [-0.15, -0.1) is 0 Å². The number of fused-ring (bicyclic) bond motifs is 1. The Bertz CT molecular complexity index is 513. The molecule has 0 atom stereocenters. The minimum Gasteiger partial charge on any atom is -0.347 e. The molecule has 0 saturated heterocycles. The summed E-state index contributed by atoms with van der Waals surface area (Å²) in [5.41, 5.74) is 2.88. The zero-order valence-corrected chi connectivity index (χ0v) is 9.63. The Morgan fingerprint density at radius 1 is 1.43 bits per heavy atom. The van der Waals surface area contributed by atoms with Crippen LogP contribution in [0.5, 0.6) is 0 Å². The molecule has 0 saturated carbocycles. The van der Waals surface area contributed by atoms with Crippen LogP contribution in [-0.2, 0) is 7.05 Å². The highest BCUT2D eigenvalue weighted by Crippen LogP contribution is 2.26. The van der Waals surface area contributed by atoms with Gasteiger partial charge in [0.15, 0.2) is 6.29 Å². The van der Waals surface area contributed by atoms with Crippen LogP contribution in [0.2, 0.25) is 0 Å². The molecule has 0 unspecified atom stereocenters. The van der Waals surface area contributed by atoms with E-state index in [1.54, 1.807) is 0 Å². The zero-order valence-electron chi connectivity index (χ0n) is 8.04. The smallest absolute Gasteiger partial charge is 0.152 e. The van der Waals surface area contributed by atoms with Gasteiger partial charge in [-0.1, -0.05) is 15.9 Å². The summed E-state index contributed by atoms with van der Waals surface area (Å²) in [6.45, 7) is 1.96. The van der Waals surface area contributed by atoms with Crippen molar-refractivity contribution in [2.24, 2.45) is 7.05 Å². The molecule has 14 heavy (non-hydrogen) atoms. The van der Waals surface area contributed by atoms with Crippen molar-refractivity contribution in [3.05, 3.63) is 33.9 Å². The summed E-state index contributed by atoms with van der Waals surface area (Å²) in [5, 5.41) is 1.01. The number of aryl methyl sites for hydroxylation is 1. The number of carbonyl (C=O) groups excluding carboxylic acids is 1. The number of benzene rings is 1. The molecule has 1 aromatic heterocycles. The van der Waals surface area contributed by atoms with E-state index in [2.05, 4.69) is 15.9 Å². The van der Waals surface area contributed by atoms with Crippen LogP contribution in [0, 0.1) is 6.92 Å². The van der Waals surface area contributed by atoms with Crippen molar-refractivity contribution >= 4 is 33.1 Å². The van der Waals surface area contributed by atoms with Gasteiger partial charge in [0.05, 0.1) is 0 Å². The quantitative estimate of drug-likeness (QED) is 0.715. The average molecular weight is 252 g/mol. The first-order valence-corrected chi connectivity index (χ1v) is 5.14. The van der Waals surface area contributed by atoms with Gasteiger partial charge in [-0.05, 0) is 25.1 Å². The third kappa shape index (κ3) is 1.20. The lowest BCUT2D eigenvalue weighted by molar-refractivity contribution is 0.112. The van der Waals surface area contributed by atoms with Crippen molar-refractivity contribution in [2.45, 2.75) is 6.92 Å². The molecule has 2 rings (SSSR count). The van der Waals surface area contributed by atoms with Crippen molar-refractivity contribution < 1.29 is 4.79 Å². The van der Waals surface area contributed by atoms with Crippen molar-refractivity contribution in [1.29, 1.82) is 0 Å². The third-order valence-electron chi connectivity index (χ3n) is 2.62. The fourth-order valence-electron chi connectivity index (χ4n) is 1.72. The van der Waals surface area contributed by atoms with E-state index >= 15 is 0 Å². The first-order valence-electron chi connectivity index (χ1n) is 4.35.